The average molecular weight is 289 g/mol. The van der Waals surface area contributed by atoms with Gasteiger partial charge in [0.1, 0.15) is 5.01 Å². The third-order valence-electron chi connectivity index (χ3n) is 2.94. The number of rotatable bonds is 5. The maximum atomic E-state index is 11.2. The maximum Gasteiger partial charge on any atom is 0.221 e. The van der Waals surface area contributed by atoms with Crippen molar-refractivity contribution in [3.63, 3.8) is 0 Å². The van der Waals surface area contributed by atoms with Crippen LogP contribution in [-0.4, -0.2) is 10.9 Å². The summed E-state index contributed by atoms with van der Waals surface area (Å²) < 4.78 is 0. The zero-order valence-electron chi connectivity index (χ0n) is 11.9. The summed E-state index contributed by atoms with van der Waals surface area (Å²) in [7, 11) is 0. The van der Waals surface area contributed by atoms with Gasteiger partial charge in [-0.15, -0.1) is 11.3 Å². The fraction of sp³-hybridized carbons (Fsp3) is 0.333. The van der Waals surface area contributed by atoms with Gasteiger partial charge in [-0.25, -0.2) is 4.98 Å². The number of nitrogens with zero attached hydrogens (tertiary/aromatic N) is 1. The highest BCUT2D eigenvalue weighted by molar-refractivity contribution is 7.11. The molecule has 0 saturated heterocycles. The van der Waals surface area contributed by atoms with Crippen LogP contribution in [-0.2, 0) is 11.3 Å². The second kappa shape index (κ2) is 6.63. The summed E-state index contributed by atoms with van der Waals surface area (Å²) in [6.07, 6.45) is 1.89. The maximum absolute atomic E-state index is 11.2. The first-order chi connectivity index (χ1) is 9.56. The number of aromatic nitrogens is 1. The van der Waals surface area contributed by atoms with Gasteiger partial charge < -0.3 is 10.6 Å². The molecule has 0 saturated carbocycles. The van der Waals surface area contributed by atoms with E-state index in [0.29, 0.717) is 6.54 Å². The van der Waals surface area contributed by atoms with Crippen molar-refractivity contribution in [1.82, 2.24) is 10.3 Å². The Morgan fingerprint density at radius 1 is 1.40 bits per heavy atom. The standard InChI is InChI=1S/C15H19N3OS/c1-10-8-17-15(20-10)11(2)16-9-13-6-4-5-7-14(13)18-12(3)19/h4-8,11,16H,9H2,1-3H3,(H,18,19). The first-order valence-electron chi connectivity index (χ1n) is 6.57. The number of carbonyl (C=O) groups is 1. The number of carbonyl (C=O) groups excluding carboxylic acids is 1. The second-order valence-corrected chi connectivity index (χ2v) is 6.02. The highest BCUT2D eigenvalue weighted by Crippen LogP contribution is 2.21. The monoisotopic (exact) mass is 289 g/mol. The smallest absolute Gasteiger partial charge is 0.221 e. The van der Waals surface area contributed by atoms with E-state index in [1.54, 1.807) is 11.3 Å². The molecular weight excluding hydrogens is 270 g/mol. The van der Waals surface area contributed by atoms with E-state index in [4.69, 9.17) is 0 Å². The van der Waals surface area contributed by atoms with Crippen LogP contribution in [0.2, 0.25) is 0 Å². The molecule has 1 unspecified atom stereocenters. The molecule has 1 aromatic heterocycles. The van der Waals surface area contributed by atoms with Crippen LogP contribution in [0.25, 0.3) is 0 Å². The molecule has 2 rings (SSSR count). The molecule has 2 N–H and O–H groups in total. The Labute approximate surface area is 123 Å². The summed E-state index contributed by atoms with van der Waals surface area (Å²) in [5.74, 6) is -0.0546. The molecule has 106 valence electrons. The summed E-state index contributed by atoms with van der Waals surface area (Å²) in [5, 5.41) is 7.37. The Kier molecular flexibility index (Phi) is 4.87. The van der Waals surface area contributed by atoms with Crippen molar-refractivity contribution in [2.75, 3.05) is 5.32 Å². The van der Waals surface area contributed by atoms with Gasteiger partial charge in [-0.2, -0.15) is 0 Å². The predicted octanol–water partition coefficient (Wildman–Crippen LogP) is 3.26. The van der Waals surface area contributed by atoms with Gasteiger partial charge in [0, 0.05) is 30.2 Å². The molecule has 0 spiro atoms. The van der Waals surface area contributed by atoms with Crippen molar-refractivity contribution in [1.29, 1.82) is 0 Å². The van der Waals surface area contributed by atoms with Crippen molar-refractivity contribution in [3.05, 3.63) is 45.9 Å². The van der Waals surface area contributed by atoms with Gasteiger partial charge >= 0.3 is 0 Å². The Morgan fingerprint density at radius 2 is 2.15 bits per heavy atom. The van der Waals surface area contributed by atoms with Crippen LogP contribution in [0.5, 0.6) is 0 Å². The Balaban J connectivity index is 2.01. The van der Waals surface area contributed by atoms with Crippen molar-refractivity contribution in [2.45, 2.75) is 33.4 Å². The number of amides is 1. The van der Waals surface area contributed by atoms with Gasteiger partial charge in [0.25, 0.3) is 0 Å². The van der Waals surface area contributed by atoms with Gasteiger partial charge in [0.2, 0.25) is 5.91 Å². The number of para-hydroxylation sites is 1. The third-order valence-corrected chi connectivity index (χ3v) is 4.03. The lowest BCUT2D eigenvalue weighted by molar-refractivity contribution is -0.114. The topological polar surface area (TPSA) is 54.0 Å². The molecule has 0 aliphatic heterocycles. The minimum atomic E-state index is -0.0546. The molecule has 1 aromatic carbocycles. The lowest BCUT2D eigenvalue weighted by atomic mass is 10.1. The quantitative estimate of drug-likeness (QED) is 0.888. The second-order valence-electron chi connectivity index (χ2n) is 4.75. The summed E-state index contributed by atoms with van der Waals surface area (Å²) >= 11 is 1.70. The van der Waals surface area contributed by atoms with E-state index in [1.807, 2.05) is 30.5 Å². The number of nitrogens with one attached hydrogen (secondary N) is 2. The molecule has 1 atom stereocenters. The number of anilines is 1. The lowest BCUT2D eigenvalue weighted by Gasteiger charge is -2.14. The molecule has 0 fully saturated rings. The summed E-state index contributed by atoms with van der Waals surface area (Å²) in [5.41, 5.74) is 1.93. The van der Waals surface area contributed by atoms with Gasteiger partial charge in [-0.1, -0.05) is 18.2 Å². The minimum Gasteiger partial charge on any atom is -0.326 e. The molecule has 0 aliphatic carbocycles. The predicted molar refractivity (Wildman–Crippen MR) is 82.9 cm³/mol. The van der Waals surface area contributed by atoms with E-state index in [2.05, 4.69) is 29.5 Å². The number of hydrogen-bond donors (Lipinski definition) is 2. The van der Waals surface area contributed by atoms with Crippen molar-refractivity contribution < 1.29 is 4.79 Å². The van der Waals surface area contributed by atoms with Crippen LogP contribution in [0.4, 0.5) is 5.69 Å². The Bertz CT molecular complexity index is 594. The Morgan fingerprint density at radius 3 is 2.80 bits per heavy atom. The largest absolute Gasteiger partial charge is 0.326 e. The molecule has 1 amide bonds. The fourth-order valence-corrected chi connectivity index (χ4v) is 2.71. The van der Waals surface area contributed by atoms with Crippen LogP contribution >= 0.6 is 11.3 Å². The van der Waals surface area contributed by atoms with Crippen LogP contribution in [0.15, 0.2) is 30.5 Å². The van der Waals surface area contributed by atoms with Crippen LogP contribution < -0.4 is 10.6 Å². The summed E-state index contributed by atoms with van der Waals surface area (Å²) in [6, 6.07) is 8.01. The van der Waals surface area contributed by atoms with E-state index >= 15 is 0 Å². The number of benzene rings is 1. The molecule has 0 aliphatic rings. The van der Waals surface area contributed by atoms with Gasteiger partial charge in [-0.05, 0) is 25.5 Å². The van der Waals surface area contributed by atoms with E-state index in [0.717, 1.165) is 16.3 Å². The highest BCUT2D eigenvalue weighted by Gasteiger charge is 2.10. The molecular formula is C15H19N3OS. The van der Waals surface area contributed by atoms with E-state index < -0.39 is 0 Å². The normalized spacial score (nSPS) is 12.2. The third kappa shape index (κ3) is 3.88. The van der Waals surface area contributed by atoms with Crippen LogP contribution in [0, 0.1) is 6.92 Å². The van der Waals surface area contributed by atoms with Crippen molar-refractivity contribution in [2.24, 2.45) is 0 Å². The zero-order chi connectivity index (χ0) is 14.5. The Hall–Kier alpha value is -1.72. The molecule has 20 heavy (non-hydrogen) atoms. The highest BCUT2D eigenvalue weighted by atomic mass is 32.1. The minimum absolute atomic E-state index is 0.0546. The average Bonchev–Trinajstić information content (AvgIpc) is 2.83. The van der Waals surface area contributed by atoms with Crippen molar-refractivity contribution >= 4 is 22.9 Å². The zero-order valence-corrected chi connectivity index (χ0v) is 12.8. The molecule has 2 aromatic rings. The van der Waals surface area contributed by atoms with Crippen molar-refractivity contribution in [3.8, 4) is 0 Å². The fourth-order valence-electron chi connectivity index (χ4n) is 1.91. The summed E-state index contributed by atoms with van der Waals surface area (Å²) in [4.78, 5) is 16.8. The van der Waals surface area contributed by atoms with Gasteiger partial charge in [-0.3, -0.25) is 4.79 Å². The number of hydrogen-bond acceptors (Lipinski definition) is 4. The number of aryl methyl sites for hydroxylation is 1. The summed E-state index contributed by atoms with van der Waals surface area (Å²) in [6.45, 7) is 6.36. The molecule has 0 bridgehead atoms. The van der Waals surface area contributed by atoms with E-state index in [-0.39, 0.29) is 11.9 Å². The number of thiazole rings is 1. The van der Waals surface area contributed by atoms with E-state index in [1.165, 1.54) is 11.8 Å². The van der Waals surface area contributed by atoms with E-state index in [9.17, 15) is 4.79 Å². The molecule has 1 heterocycles. The lowest BCUT2D eigenvalue weighted by Crippen LogP contribution is -2.19. The molecule has 0 radical (unpaired) electrons. The van der Waals surface area contributed by atoms with Crippen LogP contribution in [0.3, 0.4) is 0 Å². The van der Waals surface area contributed by atoms with Gasteiger partial charge in [0.05, 0.1) is 6.04 Å². The first-order valence-corrected chi connectivity index (χ1v) is 7.39. The molecule has 4 nitrogen and oxygen atoms in total. The van der Waals surface area contributed by atoms with Crippen LogP contribution in [0.1, 0.15) is 35.3 Å². The van der Waals surface area contributed by atoms with Gasteiger partial charge in [0.15, 0.2) is 0 Å². The SMILES string of the molecule is CC(=O)Nc1ccccc1CNC(C)c1ncc(C)s1. The molecule has 5 heteroatoms. The first kappa shape index (κ1) is 14.7.